The van der Waals surface area contributed by atoms with Crippen LogP contribution in [0.25, 0.3) is 10.9 Å². The van der Waals surface area contributed by atoms with Gasteiger partial charge in [-0.3, -0.25) is 10.1 Å². The number of aliphatic carboxylic acids is 1. The van der Waals surface area contributed by atoms with Crippen LogP contribution in [0.2, 0.25) is 0 Å². The Labute approximate surface area is 129 Å². The number of hydrogen-bond donors (Lipinski definition) is 3. The van der Waals surface area contributed by atoms with Crippen LogP contribution in [0.1, 0.15) is 31.5 Å². The summed E-state index contributed by atoms with van der Waals surface area (Å²) in [6.45, 7) is 5.61. The summed E-state index contributed by atoms with van der Waals surface area (Å²) < 4.78 is 5.81. The Balaban J connectivity index is 1.85. The Hall–Kier alpha value is -2.01. The van der Waals surface area contributed by atoms with Crippen LogP contribution in [0, 0.1) is 5.92 Å². The van der Waals surface area contributed by atoms with E-state index in [4.69, 9.17) is 4.74 Å². The number of ether oxygens (including phenoxy) is 1. The second-order valence-electron chi connectivity index (χ2n) is 6.30. The van der Waals surface area contributed by atoms with Gasteiger partial charge < -0.3 is 14.8 Å². The largest absolute Gasteiger partial charge is 0.494 e. The Morgan fingerprint density at radius 2 is 2.27 bits per heavy atom. The van der Waals surface area contributed by atoms with Crippen molar-refractivity contribution in [2.24, 2.45) is 5.92 Å². The topological polar surface area (TPSA) is 74.4 Å². The fourth-order valence-electron chi connectivity index (χ4n) is 2.85. The van der Waals surface area contributed by atoms with Gasteiger partial charge in [-0.15, -0.1) is 0 Å². The number of carboxylic acids is 1. The number of rotatable bonds is 5. The van der Waals surface area contributed by atoms with Gasteiger partial charge in [-0.25, -0.2) is 0 Å². The maximum Gasteiger partial charge on any atom is 0.321 e. The molecular weight excluding hydrogens is 280 g/mol. The molecule has 1 aromatic carbocycles. The quantitative estimate of drug-likeness (QED) is 0.794. The van der Waals surface area contributed by atoms with Gasteiger partial charge >= 0.3 is 5.97 Å². The van der Waals surface area contributed by atoms with Crippen molar-refractivity contribution in [3.05, 3.63) is 29.5 Å². The average molecular weight is 302 g/mol. The van der Waals surface area contributed by atoms with Crippen LogP contribution in [-0.4, -0.2) is 28.7 Å². The maximum atomic E-state index is 11.2. The van der Waals surface area contributed by atoms with E-state index in [1.165, 1.54) is 0 Å². The number of aromatic nitrogens is 1. The van der Waals surface area contributed by atoms with Gasteiger partial charge in [0.25, 0.3) is 0 Å². The number of aromatic amines is 1. The summed E-state index contributed by atoms with van der Waals surface area (Å²) in [6, 6.07) is 5.48. The third-order valence-corrected chi connectivity index (χ3v) is 4.16. The van der Waals surface area contributed by atoms with Gasteiger partial charge in [-0.1, -0.05) is 13.8 Å². The number of benzene rings is 1. The van der Waals surface area contributed by atoms with E-state index in [-0.39, 0.29) is 0 Å². The van der Waals surface area contributed by atoms with Crippen molar-refractivity contribution in [2.75, 3.05) is 6.61 Å². The van der Waals surface area contributed by atoms with E-state index in [9.17, 15) is 9.90 Å². The smallest absolute Gasteiger partial charge is 0.321 e. The van der Waals surface area contributed by atoms with Gasteiger partial charge in [0.15, 0.2) is 0 Å². The second-order valence-corrected chi connectivity index (χ2v) is 6.30. The first kappa shape index (κ1) is 14.9. The SMILES string of the molecule is CC(C)CCOc1ccc2[nH]c3c(c2c1)CC(C(=O)O)NC3. The number of nitrogens with one attached hydrogen (secondary N) is 2. The van der Waals surface area contributed by atoms with E-state index in [2.05, 4.69) is 24.1 Å². The number of carboxylic acid groups (broad SMARTS) is 1. The molecule has 0 fully saturated rings. The van der Waals surface area contributed by atoms with Crippen molar-refractivity contribution in [3.63, 3.8) is 0 Å². The average Bonchev–Trinajstić information content (AvgIpc) is 2.84. The molecule has 2 heterocycles. The lowest BCUT2D eigenvalue weighted by Gasteiger charge is -2.20. The first-order valence-electron chi connectivity index (χ1n) is 7.77. The molecule has 3 rings (SSSR count). The second kappa shape index (κ2) is 6.01. The zero-order valence-corrected chi connectivity index (χ0v) is 13.0. The molecular formula is C17H22N2O3. The van der Waals surface area contributed by atoms with Gasteiger partial charge in [0.2, 0.25) is 0 Å². The predicted molar refractivity (Wildman–Crippen MR) is 85.2 cm³/mol. The van der Waals surface area contributed by atoms with Crippen LogP contribution in [0.5, 0.6) is 5.75 Å². The summed E-state index contributed by atoms with van der Waals surface area (Å²) in [5.74, 6) is 0.663. The Kier molecular flexibility index (Phi) is 4.07. The minimum atomic E-state index is -0.802. The lowest BCUT2D eigenvalue weighted by molar-refractivity contribution is -0.139. The Morgan fingerprint density at radius 1 is 1.45 bits per heavy atom. The molecule has 22 heavy (non-hydrogen) atoms. The first-order chi connectivity index (χ1) is 10.5. The zero-order chi connectivity index (χ0) is 15.7. The highest BCUT2D eigenvalue weighted by Gasteiger charge is 2.26. The molecule has 1 aliphatic heterocycles. The third-order valence-electron chi connectivity index (χ3n) is 4.16. The van der Waals surface area contributed by atoms with Crippen molar-refractivity contribution in [3.8, 4) is 5.75 Å². The van der Waals surface area contributed by atoms with Gasteiger partial charge in [0.05, 0.1) is 6.61 Å². The molecule has 1 unspecified atom stereocenters. The Bertz CT molecular complexity index is 691. The highest BCUT2D eigenvalue weighted by molar-refractivity contribution is 5.87. The molecule has 0 bridgehead atoms. The summed E-state index contributed by atoms with van der Waals surface area (Å²) in [5.41, 5.74) is 3.20. The summed E-state index contributed by atoms with van der Waals surface area (Å²) in [7, 11) is 0. The summed E-state index contributed by atoms with van der Waals surface area (Å²) in [4.78, 5) is 14.6. The number of hydrogen-bond acceptors (Lipinski definition) is 3. The molecule has 1 aromatic heterocycles. The minimum Gasteiger partial charge on any atom is -0.494 e. The molecule has 2 aromatic rings. The molecule has 3 N–H and O–H groups in total. The Morgan fingerprint density at radius 3 is 3.00 bits per heavy atom. The van der Waals surface area contributed by atoms with Crippen LogP contribution >= 0.6 is 0 Å². The lowest BCUT2D eigenvalue weighted by atomic mass is 9.98. The fraction of sp³-hybridized carbons (Fsp3) is 0.471. The number of H-pyrrole nitrogens is 1. The minimum absolute atomic E-state index is 0.500. The third kappa shape index (κ3) is 2.95. The first-order valence-corrected chi connectivity index (χ1v) is 7.77. The van der Waals surface area contributed by atoms with Crippen molar-refractivity contribution >= 4 is 16.9 Å². The summed E-state index contributed by atoms with van der Waals surface area (Å²) in [5, 5.41) is 13.3. The fourth-order valence-corrected chi connectivity index (χ4v) is 2.85. The molecule has 1 atom stereocenters. The van der Waals surface area contributed by atoms with Crippen LogP contribution < -0.4 is 10.1 Å². The van der Waals surface area contributed by atoms with E-state index in [0.29, 0.717) is 25.5 Å². The normalized spacial score (nSPS) is 17.7. The molecule has 1 aliphatic rings. The molecule has 0 aliphatic carbocycles. The zero-order valence-electron chi connectivity index (χ0n) is 13.0. The van der Waals surface area contributed by atoms with Crippen molar-refractivity contribution in [1.82, 2.24) is 10.3 Å². The van der Waals surface area contributed by atoms with Gasteiger partial charge in [-0.05, 0) is 36.1 Å². The predicted octanol–water partition coefficient (Wildman–Crippen LogP) is 2.69. The van der Waals surface area contributed by atoms with Crippen molar-refractivity contribution < 1.29 is 14.6 Å². The molecule has 0 amide bonds. The molecule has 118 valence electrons. The van der Waals surface area contributed by atoms with E-state index in [1.54, 1.807) is 0 Å². The molecule has 0 saturated heterocycles. The van der Waals surface area contributed by atoms with Gasteiger partial charge in [0, 0.05) is 29.6 Å². The number of fused-ring (bicyclic) bond motifs is 3. The van der Waals surface area contributed by atoms with Crippen LogP contribution in [-0.2, 0) is 17.8 Å². The van der Waals surface area contributed by atoms with E-state index in [1.807, 2.05) is 18.2 Å². The van der Waals surface area contributed by atoms with Gasteiger partial charge in [-0.2, -0.15) is 0 Å². The maximum absolute atomic E-state index is 11.2. The van der Waals surface area contributed by atoms with E-state index < -0.39 is 12.0 Å². The lowest BCUT2D eigenvalue weighted by Crippen LogP contribution is -2.41. The van der Waals surface area contributed by atoms with Crippen molar-refractivity contribution in [2.45, 2.75) is 39.3 Å². The standard InChI is InChI=1S/C17H22N2O3/c1-10(2)5-6-22-11-3-4-14-12(7-11)13-8-15(17(20)21)18-9-16(13)19-14/h3-4,7,10,15,18-19H,5-6,8-9H2,1-2H3,(H,20,21). The molecule has 5 heteroatoms. The molecule has 5 nitrogen and oxygen atoms in total. The van der Waals surface area contributed by atoms with Crippen LogP contribution in [0.4, 0.5) is 0 Å². The van der Waals surface area contributed by atoms with Crippen molar-refractivity contribution in [1.29, 1.82) is 0 Å². The summed E-state index contributed by atoms with van der Waals surface area (Å²) >= 11 is 0. The van der Waals surface area contributed by atoms with Gasteiger partial charge in [0.1, 0.15) is 11.8 Å². The number of carbonyl (C=O) groups is 1. The van der Waals surface area contributed by atoms with Crippen LogP contribution in [0.15, 0.2) is 18.2 Å². The van der Waals surface area contributed by atoms with E-state index in [0.717, 1.165) is 34.3 Å². The monoisotopic (exact) mass is 302 g/mol. The van der Waals surface area contributed by atoms with Crippen LogP contribution in [0.3, 0.4) is 0 Å². The molecule has 0 saturated carbocycles. The highest BCUT2D eigenvalue weighted by Crippen LogP contribution is 2.29. The highest BCUT2D eigenvalue weighted by atomic mass is 16.5. The molecule has 0 radical (unpaired) electrons. The summed E-state index contributed by atoms with van der Waals surface area (Å²) in [6.07, 6.45) is 1.52. The molecule has 0 spiro atoms. The van der Waals surface area contributed by atoms with E-state index >= 15 is 0 Å².